The molecule has 0 unspecified atom stereocenters. The average molecular weight is 359 g/mol. The zero-order chi connectivity index (χ0) is 19.8. The highest BCUT2D eigenvalue weighted by Crippen LogP contribution is 2.38. The Balaban J connectivity index is 2.16. The van der Waals surface area contributed by atoms with Gasteiger partial charge < -0.3 is 19.8 Å². The molecule has 0 atom stereocenters. The first-order valence-corrected chi connectivity index (χ1v) is 8.94. The van der Waals surface area contributed by atoms with Gasteiger partial charge >= 0.3 is 13.1 Å². The maximum Gasteiger partial charge on any atom is 0.491 e. The molecule has 2 N–H and O–H groups in total. The fourth-order valence-corrected chi connectivity index (χ4v) is 2.48. The van der Waals surface area contributed by atoms with Crippen molar-refractivity contribution in [2.45, 2.75) is 65.3 Å². The fourth-order valence-electron chi connectivity index (χ4n) is 2.48. The van der Waals surface area contributed by atoms with Crippen LogP contribution in [0.25, 0.3) is 6.08 Å². The van der Waals surface area contributed by atoms with Crippen LogP contribution in [0.1, 0.15) is 64.4 Å². The standard InChI is InChI=1S/C20H30BNO4/c1-18(2,3)24-17(23)15-10-8-14(9-11-15)12-16(13-22)21-25-19(4,5)20(6,7)26-21/h8-12H,13,22H2,1-7H3. The van der Waals surface area contributed by atoms with Crippen LogP contribution in [0.2, 0.25) is 0 Å². The zero-order valence-electron chi connectivity index (χ0n) is 16.9. The molecule has 5 nitrogen and oxygen atoms in total. The number of nitrogens with two attached hydrogens (primary N) is 1. The Kier molecular flexibility index (Phi) is 5.71. The number of carbonyl (C=O) groups excluding carboxylic acids is 1. The molecule has 0 spiro atoms. The fraction of sp³-hybridized carbons (Fsp3) is 0.550. The third-order valence-electron chi connectivity index (χ3n) is 4.69. The molecule has 0 aliphatic carbocycles. The first-order chi connectivity index (χ1) is 11.8. The van der Waals surface area contributed by atoms with Crippen LogP contribution in [0.5, 0.6) is 0 Å². The Morgan fingerprint density at radius 3 is 2.04 bits per heavy atom. The highest BCUT2D eigenvalue weighted by molar-refractivity contribution is 6.55. The number of hydrogen-bond acceptors (Lipinski definition) is 5. The molecule has 26 heavy (non-hydrogen) atoms. The van der Waals surface area contributed by atoms with E-state index in [1.165, 1.54) is 0 Å². The Hall–Kier alpha value is -1.63. The molecule has 0 amide bonds. The predicted octanol–water partition coefficient (Wildman–Crippen LogP) is 3.62. The molecular weight excluding hydrogens is 329 g/mol. The van der Waals surface area contributed by atoms with E-state index in [2.05, 4.69) is 0 Å². The Morgan fingerprint density at radius 2 is 1.62 bits per heavy atom. The molecule has 2 rings (SSSR count). The number of ether oxygens (including phenoxy) is 1. The quantitative estimate of drug-likeness (QED) is 0.657. The second kappa shape index (κ2) is 7.18. The number of hydrogen-bond donors (Lipinski definition) is 1. The third kappa shape index (κ3) is 4.75. The lowest BCUT2D eigenvalue weighted by Gasteiger charge is -2.32. The molecule has 0 bridgehead atoms. The molecule has 1 aromatic rings. The molecule has 142 valence electrons. The van der Waals surface area contributed by atoms with E-state index in [1.54, 1.807) is 12.1 Å². The Labute approximate surface area is 157 Å². The predicted molar refractivity (Wildman–Crippen MR) is 105 cm³/mol. The van der Waals surface area contributed by atoms with Crippen molar-refractivity contribution in [3.05, 3.63) is 40.9 Å². The van der Waals surface area contributed by atoms with Crippen molar-refractivity contribution in [2.24, 2.45) is 5.73 Å². The summed E-state index contributed by atoms with van der Waals surface area (Å²) in [4.78, 5) is 12.1. The minimum Gasteiger partial charge on any atom is -0.456 e. The highest BCUT2D eigenvalue weighted by Gasteiger charge is 2.52. The second-order valence-corrected chi connectivity index (χ2v) is 8.64. The van der Waals surface area contributed by atoms with E-state index in [4.69, 9.17) is 19.8 Å². The first-order valence-electron chi connectivity index (χ1n) is 8.94. The lowest BCUT2D eigenvalue weighted by atomic mass is 9.77. The molecule has 1 aliphatic heterocycles. The number of benzene rings is 1. The van der Waals surface area contributed by atoms with E-state index in [1.807, 2.05) is 66.7 Å². The van der Waals surface area contributed by atoms with E-state index in [9.17, 15) is 4.79 Å². The van der Waals surface area contributed by atoms with Gasteiger partial charge in [-0.05, 0) is 71.6 Å². The summed E-state index contributed by atoms with van der Waals surface area (Å²) >= 11 is 0. The summed E-state index contributed by atoms with van der Waals surface area (Å²) in [6.45, 7) is 13.9. The molecule has 1 aromatic carbocycles. The van der Waals surface area contributed by atoms with Gasteiger partial charge in [0.25, 0.3) is 0 Å². The SMILES string of the molecule is CC(C)(C)OC(=O)c1ccc(C=C(CN)B2OC(C)(C)C(C)(C)O2)cc1. The maximum atomic E-state index is 12.1. The lowest BCUT2D eigenvalue weighted by molar-refractivity contribution is 0.00578. The van der Waals surface area contributed by atoms with E-state index in [-0.39, 0.29) is 5.97 Å². The lowest BCUT2D eigenvalue weighted by Crippen LogP contribution is -2.41. The molecular formula is C20H30BNO4. The largest absolute Gasteiger partial charge is 0.491 e. The van der Waals surface area contributed by atoms with E-state index >= 15 is 0 Å². The van der Waals surface area contributed by atoms with E-state index in [0.717, 1.165) is 11.0 Å². The smallest absolute Gasteiger partial charge is 0.456 e. The second-order valence-electron chi connectivity index (χ2n) is 8.64. The minimum atomic E-state index is -0.515. The summed E-state index contributed by atoms with van der Waals surface area (Å²) in [5, 5.41) is 0. The van der Waals surface area contributed by atoms with E-state index in [0.29, 0.717) is 12.1 Å². The van der Waals surface area contributed by atoms with Gasteiger partial charge in [0, 0.05) is 6.54 Å². The Morgan fingerprint density at radius 1 is 1.12 bits per heavy atom. The van der Waals surface area contributed by atoms with Crippen molar-refractivity contribution < 1.29 is 18.8 Å². The zero-order valence-corrected chi connectivity index (χ0v) is 16.9. The van der Waals surface area contributed by atoms with Crippen LogP contribution in [0, 0.1) is 0 Å². The molecule has 6 heteroatoms. The van der Waals surface area contributed by atoms with Gasteiger partial charge in [0.2, 0.25) is 0 Å². The maximum absolute atomic E-state index is 12.1. The van der Waals surface area contributed by atoms with Gasteiger partial charge in [-0.25, -0.2) is 4.79 Å². The number of carbonyl (C=O) groups is 1. The first kappa shape index (κ1) is 20.7. The summed E-state index contributed by atoms with van der Waals surface area (Å²) in [6.07, 6.45) is 1.95. The van der Waals surface area contributed by atoms with Gasteiger partial charge in [0.05, 0.1) is 16.8 Å². The summed E-state index contributed by atoms with van der Waals surface area (Å²) in [5.41, 5.74) is 6.88. The summed E-state index contributed by atoms with van der Waals surface area (Å²) in [6, 6.07) is 7.22. The van der Waals surface area contributed by atoms with Crippen LogP contribution in [0.15, 0.2) is 29.7 Å². The van der Waals surface area contributed by atoms with Crippen molar-refractivity contribution in [2.75, 3.05) is 6.54 Å². The average Bonchev–Trinajstić information content (AvgIpc) is 2.71. The van der Waals surface area contributed by atoms with Gasteiger partial charge in [-0.2, -0.15) is 0 Å². The van der Waals surface area contributed by atoms with Crippen molar-refractivity contribution >= 4 is 19.2 Å². The highest BCUT2D eigenvalue weighted by atomic mass is 16.7. The number of esters is 1. The van der Waals surface area contributed by atoms with Crippen LogP contribution in [0.4, 0.5) is 0 Å². The summed E-state index contributed by atoms with van der Waals surface area (Å²) in [5.74, 6) is -0.335. The van der Waals surface area contributed by atoms with Crippen LogP contribution in [0.3, 0.4) is 0 Å². The van der Waals surface area contributed by atoms with Crippen LogP contribution >= 0.6 is 0 Å². The third-order valence-corrected chi connectivity index (χ3v) is 4.69. The molecule has 1 fully saturated rings. The summed E-state index contributed by atoms with van der Waals surface area (Å²) in [7, 11) is -0.476. The van der Waals surface area contributed by atoms with Gasteiger partial charge in [0.15, 0.2) is 0 Å². The van der Waals surface area contributed by atoms with Crippen molar-refractivity contribution in [3.63, 3.8) is 0 Å². The van der Waals surface area contributed by atoms with Crippen LogP contribution in [-0.4, -0.2) is 36.4 Å². The topological polar surface area (TPSA) is 70.8 Å². The molecule has 0 aromatic heterocycles. The number of rotatable bonds is 4. The van der Waals surface area contributed by atoms with Crippen LogP contribution in [-0.2, 0) is 14.0 Å². The summed E-state index contributed by atoms with van der Waals surface area (Å²) < 4.78 is 17.5. The molecule has 1 heterocycles. The van der Waals surface area contributed by atoms with Crippen molar-refractivity contribution in [1.29, 1.82) is 0 Å². The van der Waals surface area contributed by atoms with Gasteiger partial charge in [0.1, 0.15) is 5.60 Å². The molecule has 0 radical (unpaired) electrons. The molecule has 0 saturated carbocycles. The van der Waals surface area contributed by atoms with Crippen molar-refractivity contribution in [1.82, 2.24) is 0 Å². The molecule has 1 saturated heterocycles. The van der Waals surface area contributed by atoms with Crippen molar-refractivity contribution in [3.8, 4) is 0 Å². The van der Waals surface area contributed by atoms with E-state index < -0.39 is 23.9 Å². The van der Waals surface area contributed by atoms with Gasteiger partial charge in [-0.15, -0.1) is 0 Å². The molecule has 1 aliphatic rings. The van der Waals surface area contributed by atoms with Gasteiger partial charge in [-0.3, -0.25) is 0 Å². The monoisotopic (exact) mass is 359 g/mol. The minimum absolute atomic E-state index is 0.324. The Bertz CT molecular complexity index is 671. The normalized spacial score (nSPS) is 19.5. The van der Waals surface area contributed by atoms with Gasteiger partial charge in [-0.1, -0.05) is 18.2 Å². The van der Waals surface area contributed by atoms with Crippen LogP contribution < -0.4 is 5.73 Å².